The first-order chi connectivity index (χ1) is 19.6. The number of fused-ring (bicyclic) bond motifs is 1. The van der Waals surface area contributed by atoms with Gasteiger partial charge in [0.1, 0.15) is 23.6 Å². The number of halogens is 2. The molecule has 1 amide bonds. The summed E-state index contributed by atoms with van der Waals surface area (Å²) in [6.07, 6.45) is -2.07. The summed E-state index contributed by atoms with van der Waals surface area (Å²) in [6, 6.07) is 0.372. The Morgan fingerprint density at radius 3 is 2.60 bits per heavy atom. The highest BCUT2D eigenvalue weighted by atomic mass is 31.2. The first kappa shape index (κ1) is 33.8. The van der Waals surface area contributed by atoms with E-state index in [1.165, 1.54) is 13.2 Å². The van der Waals surface area contributed by atoms with Gasteiger partial charge in [0.25, 0.3) is 0 Å². The van der Waals surface area contributed by atoms with E-state index in [0.717, 1.165) is 6.20 Å². The quantitative estimate of drug-likeness (QED) is 0.166. The summed E-state index contributed by atoms with van der Waals surface area (Å²) in [5.74, 6) is -4.34. The van der Waals surface area contributed by atoms with Crippen LogP contribution in [0.5, 0.6) is 0 Å². The van der Waals surface area contributed by atoms with Gasteiger partial charge in [-0.25, -0.2) is 14.4 Å². The molecule has 2 saturated heterocycles. The second kappa shape index (κ2) is 14.2. The standard InChI is InChI=1S/C25H40F2N5O9P/c1-24(2,3)40-23(35)30-16(20(33)37-4)9-5-6-11-29-12-7-8-14-42(36)38-15-17-19(41-42)25(26,27)21(39-17)32-13-10-18(28)31-22(32)34/h10,13,16-17,19,21,29H,5-9,11-12,14-15H2,1-4H3,(H,30,35)(H2,28,31,34)/t16-,17+,19+,21+,42?/m0/s1. The molecule has 1 aromatic heterocycles. The van der Waals surface area contributed by atoms with E-state index in [1.807, 2.05) is 0 Å². The number of anilines is 1. The molecule has 0 spiro atoms. The third-order valence-corrected chi connectivity index (χ3v) is 8.43. The van der Waals surface area contributed by atoms with Crippen LogP contribution in [0.15, 0.2) is 17.1 Å². The lowest BCUT2D eigenvalue weighted by Crippen LogP contribution is -2.45. The van der Waals surface area contributed by atoms with Crippen molar-refractivity contribution in [3.8, 4) is 0 Å². The molecule has 5 atom stereocenters. The number of hydrogen-bond donors (Lipinski definition) is 3. The van der Waals surface area contributed by atoms with Gasteiger partial charge in [0, 0.05) is 6.20 Å². The summed E-state index contributed by atoms with van der Waals surface area (Å²) in [5, 5.41) is 5.75. The molecule has 2 aliphatic rings. The maximum atomic E-state index is 15.2. The Balaban J connectivity index is 1.36. The number of aromatic nitrogens is 2. The Hall–Kier alpha value is -2.65. The second-order valence-corrected chi connectivity index (χ2v) is 13.2. The lowest BCUT2D eigenvalue weighted by atomic mass is 10.1. The van der Waals surface area contributed by atoms with E-state index in [4.69, 9.17) is 29.0 Å². The number of alkyl halides is 2. The predicted octanol–water partition coefficient (Wildman–Crippen LogP) is 2.57. The van der Waals surface area contributed by atoms with Crippen LogP contribution in [0.25, 0.3) is 0 Å². The zero-order valence-corrected chi connectivity index (χ0v) is 25.1. The minimum Gasteiger partial charge on any atom is -0.467 e. The largest absolute Gasteiger partial charge is 0.467 e. The maximum Gasteiger partial charge on any atom is 0.408 e. The summed E-state index contributed by atoms with van der Waals surface area (Å²) < 4.78 is 69.9. The Morgan fingerprint density at radius 1 is 1.26 bits per heavy atom. The van der Waals surface area contributed by atoms with Gasteiger partial charge < -0.3 is 35.1 Å². The minimum atomic E-state index is -3.82. The first-order valence-corrected chi connectivity index (χ1v) is 15.5. The molecule has 1 unspecified atom stereocenters. The van der Waals surface area contributed by atoms with Crippen LogP contribution in [-0.2, 0) is 32.6 Å². The molecule has 2 fully saturated rings. The number of nitrogens with zero attached hydrogens (tertiary/aromatic N) is 2. The molecule has 238 valence electrons. The van der Waals surface area contributed by atoms with Crippen molar-refractivity contribution in [2.24, 2.45) is 0 Å². The molecule has 0 saturated carbocycles. The molecule has 17 heteroatoms. The molecule has 3 rings (SSSR count). The third-order valence-electron chi connectivity index (χ3n) is 6.47. The van der Waals surface area contributed by atoms with Crippen LogP contribution in [0.3, 0.4) is 0 Å². The number of hydrogen-bond acceptors (Lipinski definition) is 12. The van der Waals surface area contributed by atoms with E-state index in [1.54, 1.807) is 20.8 Å². The lowest BCUT2D eigenvalue weighted by Gasteiger charge is -2.32. The minimum absolute atomic E-state index is 0.0564. The average Bonchev–Trinajstić information content (AvgIpc) is 3.14. The molecule has 42 heavy (non-hydrogen) atoms. The van der Waals surface area contributed by atoms with Crippen LogP contribution in [0.4, 0.5) is 19.4 Å². The number of amides is 1. The number of carbonyl (C=O) groups excluding carboxylic acids is 2. The molecule has 0 bridgehead atoms. The van der Waals surface area contributed by atoms with Gasteiger partial charge in [0.2, 0.25) is 6.23 Å². The highest BCUT2D eigenvalue weighted by Gasteiger charge is 2.64. The van der Waals surface area contributed by atoms with Crippen molar-refractivity contribution >= 4 is 25.5 Å². The number of nitrogens with one attached hydrogen (secondary N) is 2. The summed E-state index contributed by atoms with van der Waals surface area (Å²) in [5.41, 5.74) is 3.73. The Kier molecular flexibility index (Phi) is 11.5. The van der Waals surface area contributed by atoms with Gasteiger partial charge in [0.15, 0.2) is 6.10 Å². The number of alkyl carbamates (subject to hydrolysis) is 1. The van der Waals surface area contributed by atoms with Crippen LogP contribution in [0.1, 0.15) is 59.1 Å². The molecule has 4 N–H and O–H groups in total. The van der Waals surface area contributed by atoms with Crippen LogP contribution in [0, 0.1) is 0 Å². The number of ether oxygens (including phenoxy) is 3. The number of methoxy groups -OCH3 is 1. The molecule has 3 heterocycles. The Bertz CT molecular complexity index is 1200. The van der Waals surface area contributed by atoms with Crippen molar-refractivity contribution in [3.05, 3.63) is 22.7 Å². The Morgan fingerprint density at radius 2 is 1.95 bits per heavy atom. The molecule has 2 aliphatic heterocycles. The van der Waals surface area contributed by atoms with Gasteiger partial charge >= 0.3 is 31.3 Å². The first-order valence-electron chi connectivity index (χ1n) is 13.7. The molecular weight excluding hydrogens is 583 g/mol. The van der Waals surface area contributed by atoms with Crippen molar-refractivity contribution in [1.29, 1.82) is 0 Å². The maximum absolute atomic E-state index is 15.2. The zero-order chi connectivity index (χ0) is 31.1. The molecule has 14 nitrogen and oxygen atoms in total. The highest BCUT2D eigenvalue weighted by molar-refractivity contribution is 7.53. The normalized spacial score (nSPS) is 25.8. The summed E-state index contributed by atoms with van der Waals surface area (Å²) >= 11 is 0. The molecule has 0 radical (unpaired) electrons. The number of carbonyl (C=O) groups is 2. The smallest absolute Gasteiger partial charge is 0.408 e. The van der Waals surface area contributed by atoms with E-state index >= 15 is 8.78 Å². The van der Waals surface area contributed by atoms with Gasteiger partial charge in [-0.15, -0.1) is 0 Å². The van der Waals surface area contributed by atoms with Crippen molar-refractivity contribution in [1.82, 2.24) is 20.2 Å². The number of rotatable bonds is 13. The third kappa shape index (κ3) is 9.17. The van der Waals surface area contributed by atoms with Gasteiger partial charge in [0.05, 0.1) is 19.9 Å². The second-order valence-electron chi connectivity index (χ2n) is 11.1. The monoisotopic (exact) mass is 623 g/mol. The average molecular weight is 624 g/mol. The number of esters is 1. The number of nitrogen functional groups attached to an aromatic ring is 1. The fraction of sp³-hybridized carbons (Fsp3) is 0.760. The van der Waals surface area contributed by atoms with Crippen LogP contribution >= 0.6 is 7.60 Å². The van der Waals surface area contributed by atoms with E-state index in [2.05, 4.69) is 15.6 Å². The molecule has 0 aromatic carbocycles. The fourth-order valence-corrected chi connectivity index (χ4v) is 6.37. The van der Waals surface area contributed by atoms with Crippen LogP contribution in [-0.4, -0.2) is 84.4 Å². The molecule has 0 aliphatic carbocycles. The van der Waals surface area contributed by atoms with Crippen LogP contribution in [0.2, 0.25) is 0 Å². The van der Waals surface area contributed by atoms with E-state index in [0.29, 0.717) is 49.8 Å². The van der Waals surface area contributed by atoms with Gasteiger partial charge in [-0.05, 0) is 72.0 Å². The SMILES string of the molecule is COC(=O)[C@H](CCCCNCCCCP1(=O)OC[C@H]2O[C@@H](n3ccc(N)nc3=O)C(F)(F)[C@@H]2O1)NC(=O)OC(C)(C)C. The van der Waals surface area contributed by atoms with Gasteiger partial charge in [-0.1, -0.05) is 0 Å². The van der Waals surface area contributed by atoms with Crippen molar-refractivity contribution in [3.63, 3.8) is 0 Å². The van der Waals surface area contributed by atoms with Crippen LogP contribution < -0.4 is 22.1 Å². The number of nitrogens with two attached hydrogens (primary N) is 1. The summed E-state index contributed by atoms with van der Waals surface area (Å²) in [4.78, 5) is 39.5. The summed E-state index contributed by atoms with van der Waals surface area (Å²) in [6.45, 7) is 5.99. The van der Waals surface area contributed by atoms with E-state index in [-0.39, 0.29) is 18.6 Å². The summed E-state index contributed by atoms with van der Waals surface area (Å²) in [7, 11) is -2.57. The fourth-order valence-electron chi connectivity index (χ4n) is 4.46. The number of unbranched alkanes of at least 4 members (excludes halogenated alkanes) is 2. The lowest BCUT2D eigenvalue weighted by molar-refractivity contribution is -0.143. The Labute approximate surface area is 242 Å². The van der Waals surface area contributed by atoms with Crippen molar-refractivity contribution in [2.45, 2.75) is 88.9 Å². The van der Waals surface area contributed by atoms with E-state index in [9.17, 15) is 18.9 Å². The van der Waals surface area contributed by atoms with Crippen molar-refractivity contribution in [2.75, 3.05) is 38.7 Å². The van der Waals surface area contributed by atoms with Gasteiger partial charge in [-0.3, -0.25) is 13.7 Å². The topological polar surface area (TPSA) is 182 Å². The van der Waals surface area contributed by atoms with Gasteiger partial charge in [-0.2, -0.15) is 13.8 Å². The van der Waals surface area contributed by atoms with E-state index < -0.39 is 61.3 Å². The predicted molar refractivity (Wildman–Crippen MR) is 146 cm³/mol. The molecular formula is C25H40F2N5O9P. The highest BCUT2D eigenvalue weighted by Crippen LogP contribution is 2.59. The van der Waals surface area contributed by atoms with Crippen molar-refractivity contribution < 1.29 is 46.2 Å². The molecule has 1 aromatic rings. The zero-order valence-electron chi connectivity index (χ0n) is 24.2.